The van der Waals surface area contributed by atoms with Crippen molar-refractivity contribution >= 4 is 29.5 Å². The summed E-state index contributed by atoms with van der Waals surface area (Å²) in [4.78, 5) is 41.2. The van der Waals surface area contributed by atoms with E-state index in [4.69, 9.17) is 18.9 Å². The lowest BCUT2D eigenvalue weighted by Gasteiger charge is -2.42. The molecule has 16 heteroatoms. The average molecular weight is 860 g/mol. The first kappa shape index (κ1) is 48.8. The predicted octanol–water partition coefficient (Wildman–Crippen LogP) is 4.99. The van der Waals surface area contributed by atoms with Gasteiger partial charge in [0.2, 0.25) is 11.8 Å². The van der Waals surface area contributed by atoms with Crippen LogP contribution < -0.4 is 16.0 Å². The maximum Gasteiger partial charge on any atom is 0.327 e. The van der Waals surface area contributed by atoms with Crippen LogP contribution in [-0.4, -0.2) is 136 Å². The number of thioether (sulfide) groups is 1. The Bertz CT molecular complexity index is 1760. The van der Waals surface area contributed by atoms with Crippen LogP contribution in [0.5, 0.6) is 0 Å². The van der Waals surface area contributed by atoms with E-state index in [1.807, 2.05) is 59.1 Å². The van der Waals surface area contributed by atoms with Gasteiger partial charge in [-0.1, -0.05) is 51.1 Å². The van der Waals surface area contributed by atoms with Gasteiger partial charge >= 0.3 is 5.97 Å². The zero-order valence-electron chi connectivity index (χ0n) is 35.4. The summed E-state index contributed by atoms with van der Waals surface area (Å²) < 4.78 is 53.5. The zero-order valence-corrected chi connectivity index (χ0v) is 36.2. The quantitative estimate of drug-likeness (QED) is 0.0732. The predicted molar refractivity (Wildman–Crippen MR) is 229 cm³/mol. The van der Waals surface area contributed by atoms with Gasteiger partial charge in [0.1, 0.15) is 17.7 Å². The van der Waals surface area contributed by atoms with E-state index in [0.717, 1.165) is 61.2 Å². The molecule has 2 amide bonds. The maximum absolute atomic E-state index is 15.2. The van der Waals surface area contributed by atoms with Crippen molar-refractivity contribution in [1.29, 1.82) is 0 Å². The summed E-state index contributed by atoms with van der Waals surface area (Å²) >= 11 is 1.14. The number of hydrogen-bond acceptors (Lipinski definition) is 10. The van der Waals surface area contributed by atoms with Gasteiger partial charge in [-0.2, -0.15) is 0 Å². The molecule has 1 unspecified atom stereocenters. The van der Waals surface area contributed by atoms with E-state index < -0.39 is 41.0 Å². The molecule has 2 heterocycles. The summed E-state index contributed by atoms with van der Waals surface area (Å²) in [6.45, 7) is 12.5. The third-order valence-electron chi connectivity index (χ3n) is 9.94. The van der Waals surface area contributed by atoms with E-state index >= 15 is 4.39 Å². The highest BCUT2D eigenvalue weighted by Crippen LogP contribution is 2.42. The van der Waals surface area contributed by atoms with Crippen LogP contribution in [0.2, 0.25) is 0 Å². The number of amides is 2. The van der Waals surface area contributed by atoms with E-state index in [-0.39, 0.29) is 48.5 Å². The molecule has 0 radical (unpaired) electrons. The van der Waals surface area contributed by atoms with Crippen LogP contribution in [-0.2, 0) is 39.9 Å². The van der Waals surface area contributed by atoms with Crippen LogP contribution >= 0.6 is 11.8 Å². The van der Waals surface area contributed by atoms with E-state index in [9.17, 15) is 23.9 Å². The molecule has 332 valence electrons. The molecule has 0 bridgehead atoms. The molecule has 0 spiro atoms. The fourth-order valence-corrected chi connectivity index (χ4v) is 7.92. The van der Waals surface area contributed by atoms with Crippen LogP contribution in [0.15, 0.2) is 60.8 Å². The van der Waals surface area contributed by atoms with E-state index in [2.05, 4.69) is 36.7 Å². The number of carbonyl (C=O) groups is 3. The molecule has 60 heavy (non-hydrogen) atoms. The monoisotopic (exact) mass is 859 g/mol. The van der Waals surface area contributed by atoms with Crippen molar-refractivity contribution in [1.82, 2.24) is 25.4 Å². The first-order chi connectivity index (χ1) is 28.9. The number of aliphatic carboxylic acids is 1. The Balaban J connectivity index is 1.38. The van der Waals surface area contributed by atoms with Gasteiger partial charge in [-0.05, 0) is 67.7 Å². The van der Waals surface area contributed by atoms with Gasteiger partial charge in [0.15, 0.2) is 0 Å². The van der Waals surface area contributed by atoms with Crippen LogP contribution in [0, 0.1) is 23.0 Å². The number of nitrogens with one attached hydrogen (secondary N) is 3. The molecule has 1 aliphatic rings. The topological polar surface area (TPSA) is 153 Å². The Morgan fingerprint density at radius 1 is 0.950 bits per heavy atom. The minimum atomic E-state index is -1.22. The second-order valence-corrected chi connectivity index (χ2v) is 16.9. The Morgan fingerprint density at radius 3 is 2.23 bits per heavy atom. The standard InChI is InChI=1S/C44H63F2N5O8S/c1-44(2,3)42(39-24-34(36-25-35(45)10-11-37(36)46)29-50(39)27-32-8-6-5-7-9-32)51(28-33-12-14-48-26-33)41(53)31-60-30-38(43(54)55)49-40(52)13-16-56-18-20-58-22-23-59-21-19-57-17-15-47-4/h5-11,24-25,29,33,38,42,47-48H,12-23,26-28,30-31H2,1-4H3,(H,49,52)(H,54,55)/t33?,38-,42-/m0/s1. The number of carboxylic acids is 1. The summed E-state index contributed by atoms with van der Waals surface area (Å²) in [5.41, 5.74) is 1.87. The number of hydrogen-bond donors (Lipinski definition) is 4. The molecule has 0 aliphatic carbocycles. The molecular formula is C44H63F2N5O8S. The number of nitrogens with zero attached hydrogens (tertiary/aromatic N) is 2. The summed E-state index contributed by atoms with van der Waals surface area (Å²) in [6, 6.07) is 13.3. The normalized spacial score (nSPS) is 15.2. The highest BCUT2D eigenvalue weighted by atomic mass is 32.2. The lowest BCUT2D eigenvalue weighted by atomic mass is 9.82. The van der Waals surface area contributed by atoms with E-state index in [1.54, 1.807) is 0 Å². The van der Waals surface area contributed by atoms with Gasteiger partial charge in [-0.25, -0.2) is 13.6 Å². The highest BCUT2D eigenvalue weighted by molar-refractivity contribution is 8.00. The summed E-state index contributed by atoms with van der Waals surface area (Å²) in [5, 5.41) is 18.9. The summed E-state index contributed by atoms with van der Waals surface area (Å²) in [6.07, 6.45) is 2.66. The maximum atomic E-state index is 15.2. The number of likely N-dealkylation sites (N-methyl/N-ethyl adjacent to an activating group) is 1. The van der Waals surface area contributed by atoms with Gasteiger partial charge in [0, 0.05) is 54.8 Å². The van der Waals surface area contributed by atoms with Crippen molar-refractivity contribution in [3.8, 4) is 11.1 Å². The Labute approximate surface area is 357 Å². The van der Waals surface area contributed by atoms with Crippen molar-refractivity contribution in [3.05, 3.63) is 83.7 Å². The van der Waals surface area contributed by atoms with Crippen molar-refractivity contribution in [2.24, 2.45) is 11.3 Å². The Kier molecular flexibility index (Phi) is 20.9. The number of carbonyl (C=O) groups excluding carboxylic acids is 2. The molecule has 1 aliphatic heterocycles. The smallest absolute Gasteiger partial charge is 0.327 e. The number of ether oxygens (including phenoxy) is 4. The fraction of sp³-hybridized carbons (Fsp3) is 0.568. The Morgan fingerprint density at radius 2 is 1.62 bits per heavy atom. The van der Waals surface area contributed by atoms with Crippen molar-refractivity contribution in [3.63, 3.8) is 0 Å². The number of carboxylic acid groups (broad SMARTS) is 1. The fourth-order valence-electron chi connectivity index (χ4n) is 7.00. The van der Waals surface area contributed by atoms with Gasteiger partial charge in [0.05, 0.1) is 64.6 Å². The minimum Gasteiger partial charge on any atom is -0.480 e. The third kappa shape index (κ3) is 16.5. The third-order valence-corrected chi connectivity index (χ3v) is 11.0. The van der Waals surface area contributed by atoms with Crippen molar-refractivity contribution in [2.75, 3.05) is 97.6 Å². The SMILES string of the molecule is CNCCOCCOCCOCCOCCC(=O)N[C@@H](CSCC(=O)N(CC1CCNC1)[C@@H](c1cc(-c2cc(F)ccc2F)cn1Cc1ccccc1)C(C)(C)C)C(=O)O. The van der Waals surface area contributed by atoms with Gasteiger partial charge in [0.25, 0.3) is 0 Å². The molecule has 13 nitrogen and oxygen atoms in total. The average Bonchev–Trinajstić information content (AvgIpc) is 3.88. The van der Waals surface area contributed by atoms with Gasteiger partial charge in [-0.3, -0.25) is 9.59 Å². The first-order valence-electron chi connectivity index (χ1n) is 20.6. The summed E-state index contributed by atoms with van der Waals surface area (Å²) in [5.74, 6) is -2.87. The van der Waals surface area contributed by atoms with Crippen molar-refractivity contribution < 1.29 is 47.2 Å². The number of aromatic nitrogens is 1. The number of halogens is 2. The molecule has 0 saturated carbocycles. The highest BCUT2D eigenvalue weighted by Gasteiger charge is 2.39. The largest absolute Gasteiger partial charge is 0.480 e. The minimum absolute atomic E-state index is 0.0297. The van der Waals surface area contributed by atoms with Gasteiger partial charge < -0.3 is 49.5 Å². The molecule has 2 aromatic carbocycles. The lowest BCUT2D eigenvalue weighted by molar-refractivity contribution is -0.141. The molecule has 1 saturated heterocycles. The van der Waals surface area contributed by atoms with E-state index in [0.29, 0.717) is 58.3 Å². The van der Waals surface area contributed by atoms with Crippen LogP contribution in [0.3, 0.4) is 0 Å². The molecule has 1 fully saturated rings. The number of benzene rings is 2. The molecule has 1 aromatic heterocycles. The summed E-state index contributed by atoms with van der Waals surface area (Å²) in [7, 11) is 1.86. The number of rotatable bonds is 28. The first-order valence-corrected chi connectivity index (χ1v) is 21.8. The van der Waals surface area contributed by atoms with Gasteiger partial charge in [-0.15, -0.1) is 11.8 Å². The zero-order chi connectivity index (χ0) is 43.3. The molecular weight excluding hydrogens is 797 g/mol. The van der Waals surface area contributed by atoms with Crippen LogP contribution in [0.1, 0.15) is 50.9 Å². The Hall–Kier alpha value is -3.90. The molecule has 3 aromatic rings. The lowest BCUT2D eigenvalue weighted by Crippen LogP contribution is -2.46. The second kappa shape index (κ2) is 25.8. The van der Waals surface area contributed by atoms with E-state index in [1.165, 1.54) is 6.07 Å². The second-order valence-electron chi connectivity index (χ2n) is 15.8. The molecule has 3 atom stereocenters. The molecule has 4 rings (SSSR count). The molecule has 4 N–H and O–H groups in total. The van der Waals surface area contributed by atoms with Crippen LogP contribution in [0.4, 0.5) is 8.78 Å². The van der Waals surface area contributed by atoms with Crippen LogP contribution in [0.25, 0.3) is 11.1 Å². The van der Waals surface area contributed by atoms with Crippen molar-refractivity contribution in [2.45, 2.75) is 52.2 Å².